The van der Waals surface area contributed by atoms with E-state index in [4.69, 9.17) is 42.6 Å². The van der Waals surface area contributed by atoms with Crippen LogP contribution < -0.4 is 5.32 Å². The summed E-state index contributed by atoms with van der Waals surface area (Å²) in [6.45, 7) is -0.819. The van der Waals surface area contributed by atoms with Crippen LogP contribution in [0.5, 0.6) is 0 Å². The Balaban J connectivity index is 1.46. The van der Waals surface area contributed by atoms with Crippen molar-refractivity contribution in [3.63, 3.8) is 0 Å². The van der Waals surface area contributed by atoms with Crippen LogP contribution in [0.2, 0.25) is 0 Å². The number of nitrogens with one attached hydrogen (secondary N) is 1. The SMILES string of the molecule is CC(=O)N[C@@H]1[C@@H](O[C@@H]2O[C@H](CO)[C@H](O[C@@H]3O[C@H](CO)[C@H](O)[C@H](O[C@@H]4O[C@H](C(=O)O)[C@@H](O)[C@H](OS(=O)(=O)O)[C@H]4O)[C@H]3O)[C@H](O)[C@H]2O[C@@H]2O[C@@H](C)[C@@H](O)[C@@H](O)[C@@H]2O)[C@@H](O)[C@@H](CO)O[C@@H]1O. The lowest BCUT2D eigenvalue weighted by atomic mass is 9.94. The molecule has 63 heavy (non-hydrogen) atoms. The standard InChI is InChI=1S/C32H53NO29S/c1-6-12(38)15(41)16(42)29(53-6)61-26-17(43)21(10(5-36)56-32(26)58-22-11(33-7(2)37)28(49)54-8(3-34)13(22)39)57-30-19(45)23(14(40)9(4-35)55-30)59-31-20(46)24(62-63(50,51)52)18(44)25(60-31)27(47)48/h6,8-26,28-32,34-36,38-46,49H,3-5H2,1-2H3,(H,33,37)(H,47,48)(H,50,51,52)/t6-,8+,9+,10+,11+,12+,13-,14-,15+,16-,17-,18-,19+,20+,21-,22+,23-,24-,25-,26+,28-,29-,30-,31+,32-/m0/s1. The van der Waals surface area contributed by atoms with E-state index in [1.807, 2.05) is 0 Å². The Hall–Kier alpha value is -2.07. The second-order valence-corrected chi connectivity index (χ2v) is 16.3. The van der Waals surface area contributed by atoms with Gasteiger partial charge in [-0.3, -0.25) is 9.35 Å². The van der Waals surface area contributed by atoms with Gasteiger partial charge in [-0.15, -0.1) is 0 Å². The van der Waals surface area contributed by atoms with Crippen molar-refractivity contribution in [2.24, 2.45) is 0 Å². The summed E-state index contributed by atoms with van der Waals surface area (Å²) >= 11 is 0. The molecule has 0 aromatic rings. The number of amides is 1. The topological polar surface area (TPSA) is 476 Å². The normalized spacial score (nSPS) is 48.7. The molecular weight excluding hydrogens is 894 g/mol. The number of rotatable bonds is 15. The highest BCUT2D eigenvalue weighted by molar-refractivity contribution is 7.80. The van der Waals surface area contributed by atoms with Crippen molar-refractivity contribution in [2.45, 2.75) is 167 Å². The summed E-state index contributed by atoms with van der Waals surface area (Å²) in [6, 6.07) is -1.63. The smallest absolute Gasteiger partial charge is 0.397 e. The number of hydrogen-bond donors (Lipinski definition) is 16. The van der Waals surface area contributed by atoms with E-state index in [-0.39, 0.29) is 0 Å². The van der Waals surface area contributed by atoms with Crippen LogP contribution in [0.3, 0.4) is 0 Å². The lowest BCUT2D eigenvalue weighted by Gasteiger charge is -2.50. The number of ether oxygens (including phenoxy) is 9. The second kappa shape index (κ2) is 21.3. The Morgan fingerprint density at radius 3 is 1.60 bits per heavy atom. The minimum atomic E-state index is -5.49. The van der Waals surface area contributed by atoms with E-state index in [1.54, 1.807) is 0 Å². The molecule has 5 aliphatic rings. The molecule has 366 valence electrons. The molecule has 0 bridgehead atoms. The van der Waals surface area contributed by atoms with E-state index in [9.17, 15) is 94.1 Å². The lowest BCUT2D eigenvalue weighted by molar-refractivity contribution is -0.401. The van der Waals surface area contributed by atoms with E-state index in [2.05, 4.69) is 9.50 Å². The van der Waals surface area contributed by atoms with Crippen LogP contribution >= 0.6 is 0 Å². The van der Waals surface area contributed by atoms with Gasteiger partial charge in [0.15, 0.2) is 37.6 Å². The molecule has 0 spiro atoms. The summed E-state index contributed by atoms with van der Waals surface area (Å²) in [5.74, 6) is -2.75. The molecule has 0 aromatic carbocycles. The lowest BCUT2D eigenvalue weighted by Crippen LogP contribution is -2.70. The van der Waals surface area contributed by atoms with E-state index < -0.39 is 196 Å². The van der Waals surface area contributed by atoms with Crippen molar-refractivity contribution in [1.29, 1.82) is 0 Å². The van der Waals surface area contributed by atoms with Crippen LogP contribution in [-0.4, -0.2) is 270 Å². The fourth-order valence-electron chi connectivity index (χ4n) is 7.58. The monoisotopic (exact) mass is 947 g/mol. The van der Waals surface area contributed by atoms with Crippen LogP contribution in [0.1, 0.15) is 13.8 Å². The fourth-order valence-corrected chi connectivity index (χ4v) is 8.08. The molecule has 5 saturated heterocycles. The Morgan fingerprint density at radius 1 is 0.540 bits per heavy atom. The summed E-state index contributed by atoms with van der Waals surface area (Å²) in [5.41, 5.74) is 0. The Labute approximate surface area is 355 Å². The summed E-state index contributed by atoms with van der Waals surface area (Å²) in [4.78, 5) is 23.9. The van der Waals surface area contributed by atoms with E-state index in [0.29, 0.717) is 0 Å². The van der Waals surface area contributed by atoms with Gasteiger partial charge in [-0.05, 0) is 6.92 Å². The van der Waals surface area contributed by atoms with Gasteiger partial charge < -0.3 is 119 Å². The molecule has 5 heterocycles. The molecule has 30 nitrogen and oxygen atoms in total. The molecule has 5 rings (SSSR count). The number of carboxylic acids is 1. The van der Waals surface area contributed by atoms with Crippen LogP contribution in [-0.2, 0) is 66.8 Å². The van der Waals surface area contributed by atoms with Crippen molar-refractivity contribution in [2.75, 3.05) is 19.8 Å². The highest BCUT2D eigenvalue weighted by Crippen LogP contribution is 2.37. The molecule has 1 amide bonds. The quantitative estimate of drug-likeness (QED) is 0.0678. The Kier molecular flexibility index (Phi) is 17.5. The number of hydrogen-bond acceptors (Lipinski definition) is 27. The van der Waals surface area contributed by atoms with Crippen molar-refractivity contribution in [1.82, 2.24) is 5.32 Å². The first-order chi connectivity index (χ1) is 29.4. The summed E-state index contributed by atoms with van der Waals surface area (Å²) in [7, 11) is -5.49. The van der Waals surface area contributed by atoms with Gasteiger partial charge in [-0.25, -0.2) is 8.98 Å². The van der Waals surface area contributed by atoms with Crippen molar-refractivity contribution in [3.05, 3.63) is 0 Å². The van der Waals surface area contributed by atoms with Crippen molar-refractivity contribution in [3.8, 4) is 0 Å². The average molecular weight is 948 g/mol. The predicted octanol–water partition coefficient (Wildman–Crippen LogP) is -10.8. The molecule has 31 heteroatoms. The van der Waals surface area contributed by atoms with Gasteiger partial charge >= 0.3 is 16.4 Å². The molecule has 5 aliphatic heterocycles. The summed E-state index contributed by atoms with van der Waals surface area (Å²) < 4.78 is 86.5. The van der Waals surface area contributed by atoms with Crippen molar-refractivity contribution < 1.29 is 141 Å². The number of carbonyl (C=O) groups excluding carboxylic acids is 1. The van der Waals surface area contributed by atoms with Crippen LogP contribution in [0.4, 0.5) is 0 Å². The highest BCUT2D eigenvalue weighted by Gasteiger charge is 2.58. The van der Waals surface area contributed by atoms with E-state index in [1.165, 1.54) is 6.92 Å². The van der Waals surface area contributed by atoms with Crippen molar-refractivity contribution >= 4 is 22.3 Å². The first-order valence-corrected chi connectivity index (χ1v) is 20.5. The Bertz CT molecular complexity index is 1630. The molecule has 5 fully saturated rings. The second-order valence-electron chi connectivity index (χ2n) is 15.2. The molecule has 25 atom stereocenters. The molecule has 16 N–H and O–H groups in total. The number of carboxylic acid groups (broad SMARTS) is 1. The third-order valence-electron chi connectivity index (χ3n) is 10.9. The van der Waals surface area contributed by atoms with Gasteiger partial charge in [0.1, 0.15) is 110 Å². The molecule has 0 aromatic heterocycles. The zero-order valence-electron chi connectivity index (χ0n) is 32.9. The fraction of sp³-hybridized carbons (Fsp3) is 0.938. The van der Waals surface area contributed by atoms with Crippen LogP contribution in [0.25, 0.3) is 0 Å². The van der Waals surface area contributed by atoms with Gasteiger partial charge in [0.2, 0.25) is 5.91 Å². The highest BCUT2D eigenvalue weighted by atomic mass is 32.3. The average Bonchev–Trinajstić information content (AvgIpc) is 3.21. The third-order valence-corrected chi connectivity index (χ3v) is 11.3. The molecule has 0 unspecified atom stereocenters. The molecule has 0 aliphatic carbocycles. The minimum absolute atomic E-state index is 0.778. The summed E-state index contributed by atoms with van der Waals surface area (Å²) in [6.07, 6.45) is -49.3. The van der Waals surface area contributed by atoms with E-state index >= 15 is 0 Å². The van der Waals surface area contributed by atoms with Crippen LogP contribution in [0.15, 0.2) is 0 Å². The first kappa shape index (κ1) is 51.9. The Morgan fingerprint density at radius 2 is 1.03 bits per heavy atom. The van der Waals surface area contributed by atoms with Gasteiger partial charge in [-0.1, -0.05) is 0 Å². The zero-order chi connectivity index (χ0) is 47.0. The maximum absolute atomic E-state index is 12.1. The maximum atomic E-state index is 12.1. The largest absolute Gasteiger partial charge is 0.479 e. The zero-order valence-corrected chi connectivity index (χ0v) is 33.7. The number of aliphatic hydroxyl groups is 13. The number of carbonyl (C=O) groups is 2. The third kappa shape index (κ3) is 11.4. The van der Waals surface area contributed by atoms with Gasteiger partial charge in [0.25, 0.3) is 0 Å². The molecular formula is C32H53NO29S. The first-order valence-electron chi connectivity index (χ1n) is 19.1. The minimum Gasteiger partial charge on any atom is -0.479 e. The number of aliphatic carboxylic acids is 1. The van der Waals surface area contributed by atoms with Gasteiger partial charge in [-0.2, -0.15) is 8.42 Å². The molecule has 0 radical (unpaired) electrons. The van der Waals surface area contributed by atoms with Gasteiger partial charge in [0, 0.05) is 6.92 Å². The maximum Gasteiger partial charge on any atom is 0.397 e. The molecule has 0 saturated carbocycles. The number of aliphatic hydroxyl groups excluding tert-OH is 13. The van der Waals surface area contributed by atoms with E-state index in [0.717, 1.165) is 6.92 Å². The van der Waals surface area contributed by atoms with Gasteiger partial charge in [0.05, 0.1) is 25.9 Å². The summed E-state index contributed by atoms with van der Waals surface area (Å²) in [5, 5.41) is 151. The predicted molar refractivity (Wildman–Crippen MR) is 188 cm³/mol. The van der Waals surface area contributed by atoms with Crippen LogP contribution in [0, 0.1) is 0 Å².